The number of hydrogen-bond donors (Lipinski definition) is 0. The molecule has 134 valence electrons. The van der Waals surface area contributed by atoms with Gasteiger partial charge in [0.05, 0.1) is 0 Å². The Hall–Kier alpha value is 0. The average molecular weight is 311 g/mol. The van der Waals surface area contributed by atoms with Crippen molar-refractivity contribution in [3.63, 3.8) is 0 Å². The molecule has 0 heteroatoms. The van der Waals surface area contributed by atoms with Crippen LogP contribution < -0.4 is 0 Å². The molecule has 0 aromatic rings. The summed E-state index contributed by atoms with van der Waals surface area (Å²) in [6.45, 7) is 9.43. The first-order valence-electron chi connectivity index (χ1n) is 10.8. The summed E-state index contributed by atoms with van der Waals surface area (Å²) in [5.74, 6) is 2.03. The van der Waals surface area contributed by atoms with Crippen LogP contribution in [0.15, 0.2) is 0 Å². The van der Waals surface area contributed by atoms with E-state index in [1.165, 1.54) is 103 Å². The zero-order valence-electron chi connectivity index (χ0n) is 16.5. The summed E-state index contributed by atoms with van der Waals surface area (Å²) in [7, 11) is 0. The van der Waals surface area contributed by atoms with Crippen LogP contribution in [-0.4, -0.2) is 0 Å². The van der Waals surface area contributed by atoms with Crippen LogP contribution in [0.2, 0.25) is 0 Å². The zero-order chi connectivity index (χ0) is 16.5. The van der Waals surface area contributed by atoms with Gasteiger partial charge in [-0.25, -0.2) is 0 Å². The van der Waals surface area contributed by atoms with Gasteiger partial charge >= 0.3 is 0 Å². The zero-order valence-corrected chi connectivity index (χ0v) is 16.5. The molecule has 0 rings (SSSR count). The second kappa shape index (κ2) is 17.4. The molecule has 0 aliphatic carbocycles. The second-order valence-corrected chi connectivity index (χ2v) is 7.48. The van der Waals surface area contributed by atoms with Crippen molar-refractivity contribution in [3.05, 3.63) is 0 Å². The van der Waals surface area contributed by atoms with E-state index in [-0.39, 0.29) is 0 Å². The lowest BCUT2D eigenvalue weighted by molar-refractivity contribution is 0.254. The predicted molar refractivity (Wildman–Crippen MR) is 104 cm³/mol. The van der Waals surface area contributed by atoms with Crippen molar-refractivity contribution < 1.29 is 0 Å². The second-order valence-electron chi connectivity index (χ2n) is 7.48. The molecule has 0 bridgehead atoms. The molecule has 0 fully saturated rings. The maximum absolute atomic E-state index is 2.43. The van der Waals surface area contributed by atoms with E-state index in [1.807, 2.05) is 0 Å². The summed E-state index contributed by atoms with van der Waals surface area (Å²) in [4.78, 5) is 0. The molecule has 0 amide bonds. The van der Waals surface area contributed by atoms with Gasteiger partial charge < -0.3 is 0 Å². The van der Waals surface area contributed by atoms with Gasteiger partial charge in [0.15, 0.2) is 0 Å². The molecular formula is C22H46. The SMILES string of the molecule is CCCCCCCCC(CC)C(CCC)CCCCCCC. The van der Waals surface area contributed by atoms with Crippen LogP contribution in [0.1, 0.15) is 130 Å². The molecule has 0 saturated carbocycles. The van der Waals surface area contributed by atoms with Crippen molar-refractivity contribution in [1.82, 2.24) is 0 Å². The molecule has 0 N–H and O–H groups in total. The Balaban J connectivity index is 3.91. The fourth-order valence-corrected chi connectivity index (χ4v) is 3.96. The minimum absolute atomic E-state index is 1.01. The summed E-state index contributed by atoms with van der Waals surface area (Å²) < 4.78 is 0. The van der Waals surface area contributed by atoms with Crippen molar-refractivity contribution in [2.45, 2.75) is 130 Å². The normalized spacial score (nSPS) is 14.2. The Bertz CT molecular complexity index is 196. The van der Waals surface area contributed by atoms with Gasteiger partial charge in [0.25, 0.3) is 0 Å². The summed E-state index contributed by atoms with van der Waals surface area (Å²) >= 11 is 0. The van der Waals surface area contributed by atoms with E-state index >= 15 is 0 Å². The molecule has 0 aliphatic heterocycles. The third-order valence-electron chi connectivity index (χ3n) is 5.46. The van der Waals surface area contributed by atoms with Crippen LogP contribution in [0, 0.1) is 11.8 Å². The molecule has 2 unspecified atom stereocenters. The molecule has 0 aliphatic rings. The highest BCUT2D eigenvalue weighted by molar-refractivity contribution is 4.70. The lowest BCUT2D eigenvalue weighted by Gasteiger charge is -2.26. The van der Waals surface area contributed by atoms with Crippen LogP contribution in [0.3, 0.4) is 0 Å². The summed E-state index contributed by atoms with van der Waals surface area (Å²) in [5.41, 5.74) is 0. The minimum Gasteiger partial charge on any atom is -0.0654 e. The molecule has 0 saturated heterocycles. The van der Waals surface area contributed by atoms with Gasteiger partial charge in [0.1, 0.15) is 0 Å². The monoisotopic (exact) mass is 310 g/mol. The molecular weight excluding hydrogens is 264 g/mol. The molecule has 0 spiro atoms. The summed E-state index contributed by atoms with van der Waals surface area (Å²) in [5, 5.41) is 0. The maximum Gasteiger partial charge on any atom is -0.0386 e. The Labute approximate surface area is 142 Å². The van der Waals surface area contributed by atoms with Crippen LogP contribution in [-0.2, 0) is 0 Å². The van der Waals surface area contributed by atoms with E-state index in [2.05, 4.69) is 27.7 Å². The fraction of sp³-hybridized carbons (Fsp3) is 1.00. The van der Waals surface area contributed by atoms with E-state index in [1.54, 1.807) is 0 Å². The molecule has 0 heterocycles. The van der Waals surface area contributed by atoms with Crippen LogP contribution in [0.25, 0.3) is 0 Å². The largest absolute Gasteiger partial charge is 0.0654 e. The molecule has 0 radical (unpaired) electrons. The lowest BCUT2D eigenvalue weighted by atomic mass is 9.80. The van der Waals surface area contributed by atoms with Crippen LogP contribution in [0.5, 0.6) is 0 Å². The van der Waals surface area contributed by atoms with Crippen molar-refractivity contribution in [1.29, 1.82) is 0 Å². The van der Waals surface area contributed by atoms with Crippen molar-refractivity contribution >= 4 is 0 Å². The van der Waals surface area contributed by atoms with E-state index in [9.17, 15) is 0 Å². The highest BCUT2D eigenvalue weighted by Gasteiger charge is 2.18. The fourth-order valence-electron chi connectivity index (χ4n) is 3.96. The molecule has 0 aromatic carbocycles. The van der Waals surface area contributed by atoms with Gasteiger partial charge in [0.2, 0.25) is 0 Å². The van der Waals surface area contributed by atoms with E-state index < -0.39 is 0 Å². The topological polar surface area (TPSA) is 0 Å². The molecule has 22 heavy (non-hydrogen) atoms. The Kier molecular flexibility index (Phi) is 17.4. The highest BCUT2D eigenvalue weighted by Crippen LogP contribution is 2.31. The smallest absolute Gasteiger partial charge is 0.0386 e. The first-order valence-corrected chi connectivity index (χ1v) is 10.8. The van der Waals surface area contributed by atoms with E-state index in [0.717, 1.165) is 11.8 Å². The third kappa shape index (κ3) is 12.5. The van der Waals surface area contributed by atoms with Gasteiger partial charge in [-0.3, -0.25) is 0 Å². The number of unbranched alkanes of at least 4 members (excludes halogenated alkanes) is 9. The molecule has 2 atom stereocenters. The first kappa shape index (κ1) is 22.0. The average Bonchev–Trinajstić information content (AvgIpc) is 2.53. The summed E-state index contributed by atoms with van der Waals surface area (Å²) in [6, 6.07) is 0. The highest BCUT2D eigenvalue weighted by atomic mass is 14.2. The Morgan fingerprint density at radius 3 is 1.32 bits per heavy atom. The molecule has 0 nitrogen and oxygen atoms in total. The van der Waals surface area contributed by atoms with Crippen LogP contribution >= 0.6 is 0 Å². The van der Waals surface area contributed by atoms with Crippen molar-refractivity contribution in [2.75, 3.05) is 0 Å². The third-order valence-corrected chi connectivity index (χ3v) is 5.46. The molecule has 0 aromatic heterocycles. The van der Waals surface area contributed by atoms with E-state index in [0.29, 0.717) is 0 Å². The van der Waals surface area contributed by atoms with E-state index in [4.69, 9.17) is 0 Å². The van der Waals surface area contributed by atoms with Crippen LogP contribution in [0.4, 0.5) is 0 Å². The van der Waals surface area contributed by atoms with Crippen molar-refractivity contribution in [2.24, 2.45) is 11.8 Å². The van der Waals surface area contributed by atoms with Gasteiger partial charge in [-0.15, -0.1) is 0 Å². The number of rotatable bonds is 17. The first-order chi connectivity index (χ1) is 10.8. The quantitative estimate of drug-likeness (QED) is 0.236. The standard InChI is InChI=1S/C22H46/c1-5-9-11-13-15-16-19-21(8-4)22(18-7-3)20-17-14-12-10-6-2/h21-22H,5-20H2,1-4H3. The predicted octanol–water partition coefficient (Wildman–Crippen LogP) is 8.54. The number of hydrogen-bond acceptors (Lipinski definition) is 0. The Morgan fingerprint density at radius 2 is 0.864 bits per heavy atom. The van der Waals surface area contributed by atoms with Gasteiger partial charge in [-0.05, 0) is 11.8 Å². The minimum atomic E-state index is 1.01. The van der Waals surface area contributed by atoms with Crippen molar-refractivity contribution in [3.8, 4) is 0 Å². The Morgan fingerprint density at radius 1 is 0.409 bits per heavy atom. The van der Waals surface area contributed by atoms with Gasteiger partial charge in [-0.2, -0.15) is 0 Å². The summed E-state index contributed by atoms with van der Waals surface area (Å²) in [6.07, 6.45) is 23.2. The van der Waals surface area contributed by atoms with Gasteiger partial charge in [-0.1, -0.05) is 130 Å². The van der Waals surface area contributed by atoms with Gasteiger partial charge in [0, 0.05) is 0 Å². The lowest BCUT2D eigenvalue weighted by Crippen LogP contribution is -2.14. The maximum atomic E-state index is 2.43.